The maximum absolute atomic E-state index is 13.6. The van der Waals surface area contributed by atoms with Gasteiger partial charge in [-0.3, -0.25) is 4.79 Å². The topological polar surface area (TPSA) is 287 Å². The largest absolute Gasteiger partial charge is 0.458 e. The van der Waals surface area contributed by atoms with Crippen LogP contribution in [0.15, 0.2) is 23.3 Å². The molecule has 0 aromatic heterocycles. The minimum absolute atomic E-state index is 0.0476. The van der Waals surface area contributed by atoms with Gasteiger partial charge in [-0.2, -0.15) is 0 Å². The normalized spacial score (nSPS) is 49.8. The maximum Gasteiger partial charge on any atom is 0.330 e. The van der Waals surface area contributed by atoms with Gasteiger partial charge in [0.25, 0.3) is 0 Å². The molecule has 8 rings (SSSR count). The molecule has 0 aromatic rings. The zero-order chi connectivity index (χ0) is 55.6. The van der Waals surface area contributed by atoms with Crippen LogP contribution in [0.4, 0.5) is 0 Å². The summed E-state index contributed by atoms with van der Waals surface area (Å²) < 4.78 is 74.8. The predicted octanol–water partition coefficient (Wildman–Crippen LogP) is 2.41. The second-order valence-electron chi connectivity index (χ2n) is 23.9. The number of carbonyl (C=O) groups excluding carboxylic acids is 2. The van der Waals surface area contributed by atoms with Gasteiger partial charge in [-0.1, -0.05) is 38.0 Å². The molecule has 3 saturated carbocycles. The van der Waals surface area contributed by atoms with Crippen LogP contribution in [0.5, 0.6) is 0 Å². The summed E-state index contributed by atoms with van der Waals surface area (Å²) in [7, 11) is 4.72. The van der Waals surface area contributed by atoms with E-state index >= 15 is 0 Å². The quantitative estimate of drug-likeness (QED) is 0.0664. The van der Waals surface area contributed by atoms with Gasteiger partial charge < -0.3 is 92.6 Å². The van der Waals surface area contributed by atoms with Gasteiger partial charge in [-0.05, 0) is 97.8 Å². The SMILES string of the molecule is CO[C@H]1C[C@H](O[C@H]2CC[C@@]3(C)C(=CC[C@]4(O)[C@@H]3C[C@@H](OC(=O)/C=C(\C)C(C)C)[C@@]3(C)[C@]4(O)CC[C@@]3(O)C(C)=O)C2)O[C@H](C)[C@H]1O[C@H]1C[C@H](OC)[C@H](O[C@H]2C[C@@H](OC)[C@H](O[C@@H]3O[C@H](CO)[C@@H](O)[C@H](O)[C@H]3O)[C@@H](C)O2)[C@@H](C)O1. The highest BCUT2D eigenvalue weighted by Gasteiger charge is 2.81. The smallest absolute Gasteiger partial charge is 0.330 e. The summed E-state index contributed by atoms with van der Waals surface area (Å²) in [6.45, 7) is 15.7. The molecule has 7 fully saturated rings. The Bertz CT molecular complexity index is 2110. The number of carbonyl (C=O) groups is 2. The van der Waals surface area contributed by atoms with Crippen molar-refractivity contribution in [3.63, 3.8) is 0 Å². The van der Waals surface area contributed by atoms with E-state index in [1.165, 1.54) is 20.1 Å². The zero-order valence-corrected chi connectivity index (χ0v) is 46.4. The second kappa shape index (κ2) is 23.0. The predicted molar refractivity (Wildman–Crippen MR) is 267 cm³/mol. The Morgan fingerprint density at radius 1 is 0.724 bits per heavy atom. The molecule has 4 aliphatic heterocycles. The molecule has 434 valence electrons. The molecular formula is C55H88O21. The number of allylic oxidation sites excluding steroid dienone is 1. The fraction of sp³-hybridized carbons (Fsp3) is 0.891. The van der Waals surface area contributed by atoms with Crippen LogP contribution in [-0.2, 0) is 66.4 Å². The van der Waals surface area contributed by atoms with Crippen molar-refractivity contribution >= 4 is 11.8 Å². The molecular weight excluding hydrogens is 997 g/mol. The van der Waals surface area contributed by atoms with Gasteiger partial charge in [0.1, 0.15) is 65.6 Å². The van der Waals surface area contributed by atoms with E-state index in [1.807, 2.05) is 40.7 Å². The summed E-state index contributed by atoms with van der Waals surface area (Å²) >= 11 is 0. The lowest BCUT2D eigenvalue weighted by Gasteiger charge is -2.67. The Morgan fingerprint density at radius 3 is 1.75 bits per heavy atom. The summed E-state index contributed by atoms with van der Waals surface area (Å²) in [6, 6.07) is 0. The van der Waals surface area contributed by atoms with Gasteiger partial charge in [-0.25, -0.2) is 4.79 Å². The lowest BCUT2D eigenvalue weighted by molar-refractivity contribution is -0.357. The van der Waals surface area contributed by atoms with Gasteiger partial charge in [0.05, 0.1) is 54.7 Å². The third-order valence-electron chi connectivity index (χ3n) is 19.5. The lowest BCUT2D eigenvalue weighted by Crippen LogP contribution is -2.78. The van der Waals surface area contributed by atoms with E-state index < -0.39 is 163 Å². The van der Waals surface area contributed by atoms with E-state index in [1.54, 1.807) is 28.1 Å². The Labute approximate surface area is 446 Å². The molecule has 4 saturated heterocycles. The van der Waals surface area contributed by atoms with E-state index in [4.69, 9.17) is 56.8 Å². The average Bonchev–Trinajstić information content (AvgIpc) is 3.86. The first-order chi connectivity index (χ1) is 35.7. The third kappa shape index (κ3) is 10.5. The van der Waals surface area contributed by atoms with Gasteiger partial charge in [0.2, 0.25) is 0 Å². The number of ether oxygens (including phenoxy) is 12. The zero-order valence-electron chi connectivity index (χ0n) is 46.4. The minimum atomic E-state index is -2.04. The van der Waals surface area contributed by atoms with Gasteiger partial charge in [-0.15, -0.1) is 0 Å². The van der Waals surface area contributed by atoms with Crippen LogP contribution >= 0.6 is 0 Å². The van der Waals surface area contributed by atoms with E-state index in [-0.39, 0.29) is 44.1 Å². The number of aliphatic hydroxyl groups is 7. The highest BCUT2D eigenvalue weighted by Crippen LogP contribution is 2.71. The van der Waals surface area contributed by atoms with E-state index in [0.29, 0.717) is 32.1 Å². The molecule has 0 unspecified atom stereocenters. The highest BCUT2D eigenvalue weighted by atomic mass is 16.8. The van der Waals surface area contributed by atoms with Crippen LogP contribution in [0.2, 0.25) is 0 Å². The molecule has 0 spiro atoms. The molecule has 8 aliphatic rings. The Balaban J connectivity index is 0.878. The van der Waals surface area contributed by atoms with Gasteiger partial charge in [0.15, 0.2) is 30.9 Å². The second-order valence-corrected chi connectivity index (χ2v) is 23.9. The monoisotopic (exact) mass is 1080 g/mol. The van der Waals surface area contributed by atoms with Crippen LogP contribution < -0.4 is 0 Å². The number of ketones is 1. The van der Waals surface area contributed by atoms with Crippen molar-refractivity contribution in [1.29, 1.82) is 0 Å². The van der Waals surface area contributed by atoms with Crippen molar-refractivity contribution in [2.24, 2.45) is 22.7 Å². The highest BCUT2D eigenvalue weighted by molar-refractivity contribution is 5.87. The summed E-state index contributed by atoms with van der Waals surface area (Å²) in [5, 5.41) is 78.8. The van der Waals surface area contributed by atoms with Crippen LogP contribution in [0, 0.1) is 22.7 Å². The Morgan fingerprint density at radius 2 is 1.25 bits per heavy atom. The molecule has 21 heteroatoms. The first-order valence-electron chi connectivity index (χ1n) is 27.5. The van der Waals surface area contributed by atoms with E-state index in [0.717, 1.165) is 11.1 Å². The third-order valence-corrected chi connectivity index (χ3v) is 19.5. The maximum atomic E-state index is 13.6. The fourth-order valence-corrected chi connectivity index (χ4v) is 14.4. The van der Waals surface area contributed by atoms with Crippen LogP contribution in [0.25, 0.3) is 0 Å². The molecule has 4 aliphatic carbocycles. The number of aliphatic hydroxyl groups excluding tert-OH is 4. The van der Waals surface area contributed by atoms with E-state index in [9.17, 15) is 45.3 Å². The Kier molecular flexibility index (Phi) is 18.2. The lowest BCUT2D eigenvalue weighted by atomic mass is 9.42. The summed E-state index contributed by atoms with van der Waals surface area (Å²) in [4.78, 5) is 26.9. The first kappa shape index (κ1) is 60.0. The Hall–Kier alpha value is -2.10. The number of Topliss-reactive ketones (excluding diaryl/α,β-unsaturated/α-hetero) is 1. The van der Waals surface area contributed by atoms with Crippen molar-refractivity contribution in [2.75, 3.05) is 27.9 Å². The van der Waals surface area contributed by atoms with Crippen LogP contribution in [-0.4, -0.2) is 209 Å². The number of hydrogen-bond acceptors (Lipinski definition) is 21. The molecule has 0 aromatic carbocycles. The van der Waals surface area contributed by atoms with Crippen molar-refractivity contribution in [3.05, 3.63) is 23.3 Å². The van der Waals surface area contributed by atoms with Crippen molar-refractivity contribution < 1.29 is 102 Å². The number of hydrogen-bond donors (Lipinski definition) is 7. The summed E-state index contributed by atoms with van der Waals surface area (Å²) in [6.07, 6.45) is -9.62. The van der Waals surface area contributed by atoms with Gasteiger partial charge >= 0.3 is 5.97 Å². The number of rotatable bonds is 16. The van der Waals surface area contributed by atoms with Crippen molar-refractivity contribution in [3.8, 4) is 0 Å². The molecule has 76 heavy (non-hydrogen) atoms. The summed E-state index contributed by atoms with van der Waals surface area (Å²) in [5.74, 6) is -1.66. The van der Waals surface area contributed by atoms with Crippen molar-refractivity contribution in [1.82, 2.24) is 0 Å². The van der Waals surface area contributed by atoms with Crippen molar-refractivity contribution in [2.45, 2.75) is 260 Å². The average molecular weight is 1090 g/mol. The molecule has 0 bridgehead atoms. The number of fused-ring (bicyclic) bond motifs is 5. The van der Waals surface area contributed by atoms with Gasteiger partial charge in [0, 0.05) is 52.6 Å². The molecule has 0 radical (unpaired) electrons. The molecule has 25 atom stereocenters. The first-order valence-corrected chi connectivity index (χ1v) is 27.5. The fourth-order valence-electron chi connectivity index (χ4n) is 14.4. The number of esters is 1. The van der Waals surface area contributed by atoms with Crippen LogP contribution in [0.1, 0.15) is 127 Å². The van der Waals surface area contributed by atoms with E-state index in [2.05, 4.69) is 6.92 Å². The molecule has 21 nitrogen and oxygen atoms in total. The molecule has 7 N–H and O–H groups in total. The molecule has 4 heterocycles. The standard InChI is InChI=1S/C55H88O21/c1-26(2)27(3)19-40(58)73-39-24-38-51(8)15-14-33(20-32(51)13-16-54(38,63)55(64)18-17-53(62,31(7)57)52(39,55)9)71-41-21-34(65-10)47(28(4)68-41)74-42-22-35(66-11)48(29(5)69-42)75-43-23-36(67-12)49(30(6)70-43)76-50-46(61)45(60)44(59)37(25-56)72-50/h13,19,26,28-30,33-39,41-50,56,59-64H,14-18,20-25H2,1-12H3/b27-19+/t28-,29-,30-,33+,34+,35+,36-,37-,38-,39-,41+,42+,43+,44-,45+,46-,47-,48-,49-,50+,51+,52-,53-,54+,55-/m1/s1. The minimum Gasteiger partial charge on any atom is -0.458 e. The van der Waals surface area contributed by atoms with Crippen LogP contribution in [0.3, 0.4) is 0 Å². The molecule has 0 amide bonds. The number of methoxy groups -OCH3 is 3. The summed E-state index contributed by atoms with van der Waals surface area (Å²) in [5.41, 5.74) is -6.21.